The van der Waals surface area contributed by atoms with Gasteiger partial charge in [0.2, 0.25) is 6.79 Å². The van der Waals surface area contributed by atoms with Crippen molar-refractivity contribution in [3.8, 4) is 11.5 Å². The Hall–Kier alpha value is -1.97. The van der Waals surface area contributed by atoms with Crippen molar-refractivity contribution in [3.63, 3.8) is 0 Å². The number of rotatable bonds is 2. The van der Waals surface area contributed by atoms with Crippen molar-refractivity contribution >= 4 is 5.97 Å². The van der Waals surface area contributed by atoms with Gasteiger partial charge in [-0.2, -0.15) is 0 Å². The van der Waals surface area contributed by atoms with Crippen molar-refractivity contribution < 1.29 is 19.0 Å². The van der Waals surface area contributed by atoms with Gasteiger partial charge in [-0.25, -0.2) is 4.79 Å². The minimum Gasteiger partial charge on any atom is -0.454 e. The van der Waals surface area contributed by atoms with Gasteiger partial charge in [0.25, 0.3) is 0 Å². The third-order valence-electron chi connectivity index (χ3n) is 2.74. The summed E-state index contributed by atoms with van der Waals surface area (Å²) in [5.41, 5.74) is 1.42. The first-order valence-electron chi connectivity index (χ1n) is 5.05. The second-order valence-electron chi connectivity index (χ2n) is 3.71. The maximum atomic E-state index is 11.6. The van der Waals surface area contributed by atoms with Crippen LogP contribution in [0.3, 0.4) is 0 Å². The Kier molecular flexibility index (Phi) is 1.89. The first-order valence-corrected chi connectivity index (χ1v) is 5.05. The molecular formula is C12H10O4. The van der Waals surface area contributed by atoms with Crippen molar-refractivity contribution in [2.45, 2.75) is 12.5 Å². The second kappa shape index (κ2) is 3.27. The van der Waals surface area contributed by atoms with Gasteiger partial charge in [0.05, 0.1) is 5.56 Å². The van der Waals surface area contributed by atoms with Crippen LogP contribution < -0.4 is 9.47 Å². The lowest BCUT2D eigenvalue weighted by molar-refractivity contribution is 0.0391. The van der Waals surface area contributed by atoms with E-state index in [1.54, 1.807) is 12.1 Å². The highest BCUT2D eigenvalue weighted by Gasteiger charge is 2.33. The van der Waals surface area contributed by atoms with Crippen molar-refractivity contribution in [2.75, 3.05) is 6.79 Å². The van der Waals surface area contributed by atoms with Crippen molar-refractivity contribution in [2.24, 2.45) is 0 Å². The van der Waals surface area contributed by atoms with Crippen LogP contribution in [0.5, 0.6) is 11.5 Å². The minimum atomic E-state index is -0.305. The summed E-state index contributed by atoms with van der Waals surface area (Å²) in [6.45, 7) is 3.86. The molecule has 0 N–H and O–H groups in total. The van der Waals surface area contributed by atoms with E-state index >= 15 is 0 Å². The quantitative estimate of drug-likeness (QED) is 0.564. The number of fused-ring (bicyclic) bond motifs is 2. The van der Waals surface area contributed by atoms with Gasteiger partial charge in [-0.05, 0) is 12.1 Å². The van der Waals surface area contributed by atoms with Gasteiger partial charge >= 0.3 is 5.97 Å². The molecular weight excluding hydrogens is 208 g/mol. The standard InChI is InChI=1S/C12H10O4/c1-2-3-9-7-4-10-11(15-6-14-10)5-8(7)12(13)16-9/h2,4-5,9H,1,3,6H2. The minimum absolute atomic E-state index is 0.208. The van der Waals surface area contributed by atoms with Crippen LogP contribution in [-0.2, 0) is 4.74 Å². The predicted molar refractivity (Wildman–Crippen MR) is 55.5 cm³/mol. The molecule has 2 aliphatic rings. The highest BCUT2D eigenvalue weighted by molar-refractivity contribution is 5.95. The fraction of sp³-hybridized carbons (Fsp3) is 0.250. The van der Waals surface area contributed by atoms with Crippen molar-refractivity contribution in [1.82, 2.24) is 0 Å². The molecule has 82 valence electrons. The third-order valence-corrected chi connectivity index (χ3v) is 2.74. The Morgan fingerprint density at radius 1 is 1.38 bits per heavy atom. The number of carbonyl (C=O) groups excluding carboxylic acids is 1. The van der Waals surface area contributed by atoms with Crippen LogP contribution in [0.1, 0.15) is 28.4 Å². The SMILES string of the molecule is C=CCC1OC(=O)c2cc3c(cc21)OCO3. The van der Waals surface area contributed by atoms with Crippen LogP contribution in [0.4, 0.5) is 0 Å². The van der Waals surface area contributed by atoms with Crippen LogP contribution in [0, 0.1) is 0 Å². The number of esters is 1. The Morgan fingerprint density at radius 2 is 2.12 bits per heavy atom. The molecule has 0 amide bonds. The Balaban J connectivity index is 2.09. The Labute approximate surface area is 92.4 Å². The lowest BCUT2D eigenvalue weighted by Crippen LogP contribution is -1.97. The lowest BCUT2D eigenvalue weighted by atomic mass is 10.0. The van der Waals surface area contributed by atoms with Crippen LogP contribution in [0.2, 0.25) is 0 Å². The van der Waals surface area contributed by atoms with Gasteiger partial charge < -0.3 is 14.2 Å². The summed E-state index contributed by atoms with van der Waals surface area (Å²) in [6, 6.07) is 3.50. The number of carbonyl (C=O) groups is 1. The van der Waals surface area contributed by atoms with Crippen molar-refractivity contribution in [1.29, 1.82) is 0 Å². The van der Waals surface area contributed by atoms with E-state index in [-0.39, 0.29) is 18.9 Å². The Morgan fingerprint density at radius 3 is 2.88 bits per heavy atom. The monoisotopic (exact) mass is 218 g/mol. The lowest BCUT2D eigenvalue weighted by Gasteiger charge is -2.07. The van der Waals surface area contributed by atoms with Gasteiger partial charge in [-0.15, -0.1) is 6.58 Å². The topological polar surface area (TPSA) is 44.8 Å². The molecule has 2 heterocycles. The fourth-order valence-electron chi connectivity index (χ4n) is 1.98. The number of cyclic esters (lactones) is 1. The van der Waals surface area contributed by atoms with Crippen LogP contribution >= 0.6 is 0 Å². The highest BCUT2D eigenvalue weighted by atomic mass is 16.7. The van der Waals surface area contributed by atoms with Crippen LogP contribution in [-0.4, -0.2) is 12.8 Å². The van der Waals surface area contributed by atoms with Gasteiger partial charge in [0.1, 0.15) is 6.10 Å². The zero-order valence-corrected chi connectivity index (χ0v) is 8.56. The number of hydrogen-bond donors (Lipinski definition) is 0. The molecule has 0 aromatic heterocycles. The molecule has 0 saturated carbocycles. The summed E-state index contributed by atoms with van der Waals surface area (Å²) in [5.74, 6) is 0.973. The smallest absolute Gasteiger partial charge is 0.339 e. The zero-order valence-electron chi connectivity index (χ0n) is 8.56. The van der Waals surface area contributed by atoms with E-state index in [1.807, 2.05) is 6.07 Å². The third kappa shape index (κ3) is 1.19. The summed E-state index contributed by atoms with van der Waals surface area (Å²) in [6.07, 6.45) is 2.10. The van der Waals surface area contributed by atoms with E-state index in [0.29, 0.717) is 23.5 Å². The van der Waals surface area contributed by atoms with Crippen LogP contribution in [0.25, 0.3) is 0 Å². The first kappa shape index (κ1) is 9.27. The molecule has 1 aromatic carbocycles. The molecule has 3 rings (SSSR count). The first-order chi connectivity index (χ1) is 7.79. The summed E-state index contributed by atoms with van der Waals surface area (Å²) in [5, 5.41) is 0. The van der Waals surface area contributed by atoms with E-state index in [4.69, 9.17) is 14.2 Å². The van der Waals surface area contributed by atoms with Gasteiger partial charge in [0.15, 0.2) is 11.5 Å². The molecule has 0 bridgehead atoms. The molecule has 1 atom stereocenters. The average molecular weight is 218 g/mol. The predicted octanol–water partition coefficient (Wildman–Crippen LogP) is 2.20. The van der Waals surface area contributed by atoms with Crippen molar-refractivity contribution in [3.05, 3.63) is 35.9 Å². The zero-order chi connectivity index (χ0) is 11.1. The second-order valence-corrected chi connectivity index (χ2v) is 3.71. The maximum Gasteiger partial charge on any atom is 0.339 e. The molecule has 0 fully saturated rings. The summed E-state index contributed by atoms with van der Waals surface area (Å²) in [7, 11) is 0. The van der Waals surface area contributed by atoms with Gasteiger partial charge in [-0.3, -0.25) is 0 Å². The summed E-state index contributed by atoms with van der Waals surface area (Å²) >= 11 is 0. The molecule has 0 aliphatic carbocycles. The van der Waals surface area contributed by atoms with E-state index in [0.717, 1.165) is 5.56 Å². The molecule has 0 saturated heterocycles. The number of ether oxygens (including phenoxy) is 3. The average Bonchev–Trinajstić information content (AvgIpc) is 2.83. The van der Waals surface area contributed by atoms with Gasteiger partial charge in [0, 0.05) is 12.0 Å². The van der Waals surface area contributed by atoms with Gasteiger partial charge in [-0.1, -0.05) is 6.08 Å². The normalized spacial score (nSPS) is 20.5. The number of benzene rings is 1. The van der Waals surface area contributed by atoms with Crippen LogP contribution in [0.15, 0.2) is 24.8 Å². The molecule has 2 aliphatic heterocycles. The molecule has 1 aromatic rings. The largest absolute Gasteiger partial charge is 0.454 e. The molecule has 4 nitrogen and oxygen atoms in total. The molecule has 4 heteroatoms. The molecule has 0 spiro atoms. The summed E-state index contributed by atoms with van der Waals surface area (Å²) in [4.78, 5) is 11.6. The van der Waals surface area contributed by atoms with E-state index in [2.05, 4.69) is 6.58 Å². The molecule has 1 unspecified atom stereocenters. The fourth-order valence-corrected chi connectivity index (χ4v) is 1.98. The maximum absolute atomic E-state index is 11.6. The number of hydrogen-bond acceptors (Lipinski definition) is 4. The van der Waals surface area contributed by atoms with E-state index in [1.165, 1.54) is 0 Å². The van der Waals surface area contributed by atoms with E-state index < -0.39 is 0 Å². The molecule has 16 heavy (non-hydrogen) atoms. The highest BCUT2D eigenvalue weighted by Crippen LogP contribution is 2.42. The Bertz CT molecular complexity index is 478. The molecule has 0 radical (unpaired) electrons. The summed E-state index contributed by atoms with van der Waals surface area (Å²) < 4.78 is 15.7. The van der Waals surface area contributed by atoms with E-state index in [9.17, 15) is 4.79 Å².